The van der Waals surface area contributed by atoms with Crippen LogP contribution < -0.4 is 0 Å². The third-order valence-corrected chi connectivity index (χ3v) is 6.62. The van der Waals surface area contributed by atoms with Crippen molar-refractivity contribution in [3.05, 3.63) is 0 Å². The van der Waals surface area contributed by atoms with Crippen LogP contribution in [0, 0.1) is 0 Å². The second-order valence-corrected chi connectivity index (χ2v) is 9.05. The number of methoxy groups -OCH3 is 1. The lowest BCUT2D eigenvalue weighted by atomic mass is 10.0. The summed E-state index contributed by atoms with van der Waals surface area (Å²) >= 11 is 6.31. The molecule has 0 radical (unpaired) electrons. The maximum atomic E-state index is 11.0. The van der Waals surface area contributed by atoms with Crippen LogP contribution >= 0.6 is 24.4 Å². The van der Waals surface area contributed by atoms with E-state index < -0.39 is 0 Å². The van der Waals surface area contributed by atoms with E-state index in [0.717, 1.165) is 43.6 Å². The minimum atomic E-state index is -0.136. The predicted molar refractivity (Wildman–Crippen MR) is 118 cm³/mol. The average molecular weight is 407 g/mol. The molecule has 0 saturated heterocycles. The maximum absolute atomic E-state index is 11.0. The van der Waals surface area contributed by atoms with E-state index in [1.807, 2.05) is 11.8 Å². The van der Waals surface area contributed by atoms with Gasteiger partial charge in [0.25, 0.3) is 0 Å². The fourth-order valence-corrected chi connectivity index (χ4v) is 4.61. The van der Waals surface area contributed by atoms with Crippen LogP contribution in [0.1, 0.15) is 96.8 Å². The first-order chi connectivity index (χ1) is 12.6. The fraction of sp³-hybridized carbons (Fsp3) is 0.952. The number of aliphatic hydroxyl groups excluding tert-OH is 1. The molecule has 0 aliphatic heterocycles. The molecule has 0 aromatic heterocycles. The number of hydrogen-bond donors (Lipinski definition) is 2. The molecule has 0 amide bonds. The number of ether oxygens (including phenoxy) is 1. The number of thiol groups is 1. The van der Waals surface area contributed by atoms with E-state index in [1.54, 1.807) is 0 Å². The van der Waals surface area contributed by atoms with Gasteiger partial charge in [-0.3, -0.25) is 4.79 Å². The summed E-state index contributed by atoms with van der Waals surface area (Å²) < 4.78 is 4.65. The Morgan fingerprint density at radius 2 is 1.62 bits per heavy atom. The molecule has 2 unspecified atom stereocenters. The molecule has 0 aromatic rings. The third-order valence-electron chi connectivity index (χ3n) is 4.76. The molecule has 1 N–H and O–H groups in total. The molecule has 0 aliphatic carbocycles. The average Bonchev–Trinajstić information content (AvgIpc) is 2.64. The molecule has 3 nitrogen and oxygen atoms in total. The van der Waals surface area contributed by atoms with E-state index >= 15 is 0 Å². The van der Waals surface area contributed by atoms with Gasteiger partial charge in [-0.05, 0) is 31.4 Å². The first kappa shape index (κ1) is 26.1. The molecular weight excluding hydrogens is 364 g/mol. The van der Waals surface area contributed by atoms with Gasteiger partial charge in [-0.25, -0.2) is 0 Å². The van der Waals surface area contributed by atoms with E-state index in [2.05, 4.69) is 24.3 Å². The number of hydrogen-bond acceptors (Lipinski definition) is 5. The van der Waals surface area contributed by atoms with Crippen molar-refractivity contribution in [3.63, 3.8) is 0 Å². The second-order valence-electron chi connectivity index (χ2n) is 7.19. The minimum absolute atomic E-state index is 0.0951. The number of aliphatic hydroxyl groups is 1. The Morgan fingerprint density at radius 1 is 1.00 bits per heavy atom. The zero-order valence-electron chi connectivity index (χ0n) is 17.1. The molecule has 0 heterocycles. The van der Waals surface area contributed by atoms with Gasteiger partial charge in [0, 0.05) is 17.4 Å². The van der Waals surface area contributed by atoms with Crippen molar-refractivity contribution in [1.82, 2.24) is 0 Å². The van der Waals surface area contributed by atoms with Gasteiger partial charge in [0.2, 0.25) is 0 Å². The van der Waals surface area contributed by atoms with Gasteiger partial charge in [-0.2, -0.15) is 24.4 Å². The first-order valence-electron chi connectivity index (χ1n) is 10.6. The molecule has 26 heavy (non-hydrogen) atoms. The Morgan fingerprint density at radius 3 is 2.27 bits per heavy atom. The highest BCUT2D eigenvalue weighted by molar-refractivity contribution is 8.00. The number of carbonyl (C=O) groups is 1. The Hall–Kier alpha value is 0.130. The van der Waals surface area contributed by atoms with Gasteiger partial charge in [-0.15, -0.1) is 0 Å². The van der Waals surface area contributed by atoms with E-state index in [9.17, 15) is 9.90 Å². The van der Waals surface area contributed by atoms with Gasteiger partial charge in [0.05, 0.1) is 13.2 Å². The number of thioether (sulfide) groups is 1. The molecular formula is C21H42O3S2. The quantitative estimate of drug-likeness (QED) is 0.156. The standard InChI is InChI=1S/C21H42O3S2/c1-3-4-5-10-13-19(22)18-20(26-17-16-25)14-11-8-6-7-9-12-15-21(23)24-2/h19-20,22,25H,3-18H2,1-2H3. The second kappa shape index (κ2) is 19.9. The minimum Gasteiger partial charge on any atom is -0.469 e. The van der Waals surface area contributed by atoms with Crippen molar-refractivity contribution in [3.8, 4) is 0 Å². The van der Waals surface area contributed by atoms with E-state index in [-0.39, 0.29) is 12.1 Å². The normalized spacial score (nSPS) is 13.5. The zero-order valence-corrected chi connectivity index (χ0v) is 18.8. The van der Waals surface area contributed by atoms with Gasteiger partial charge in [0.1, 0.15) is 0 Å². The molecule has 0 rings (SSSR count). The SMILES string of the molecule is CCCCCCC(O)CC(CCCCCCCCC(=O)OC)SCCS. The smallest absolute Gasteiger partial charge is 0.305 e. The summed E-state index contributed by atoms with van der Waals surface area (Å²) in [5.41, 5.74) is 0. The largest absolute Gasteiger partial charge is 0.469 e. The molecule has 156 valence electrons. The fourth-order valence-electron chi connectivity index (χ4n) is 3.17. The highest BCUT2D eigenvalue weighted by Crippen LogP contribution is 2.25. The topological polar surface area (TPSA) is 46.5 Å². The Labute approximate surface area is 171 Å². The summed E-state index contributed by atoms with van der Waals surface area (Å²) in [4.78, 5) is 11.0. The van der Waals surface area contributed by atoms with Crippen molar-refractivity contribution in [2.45, 2.75) is 108 Å². The van der Waals surface area contributed by atoms with Crippen LogP contribution in [-0.4, -0.2) is 41.0 Å². The summed E-state index contributed by atoms with van der Waals surface area (Å²) in [6.45, 7) is 2.22. The van der Waals surface area contributed by atoms with Crippen LogP contribution in [0.15, 0.2) is 0 Å². The van der Waals surface area contributed by atoms with Crippen molar-refractivity contribution < 1.29 is 14.6 Å². The van der Waals surface area contributed by atoms with Gasteiger partial charge in [-0.1, -0.05) is 64.7 Å². The first-order valence-corrected chi connectivity index (χ1v) is 12.3. The summed E-state index contributed by atoms with van der Waals surface area (Å²) in [5.74, 6) is 1.89. The van der Waals surface area contributed by atoms with Crippen LogP contribution in [0.25, 0.3) is 0 Å². The third kappa shape index (κ3) is 17.5. The van der Waals surface area contributed by atoms with Crippen molar-refractivity contribution in [2.75, 3.05) is 18.6 Å². The molecule has 0 bridgehead atoms. The Balaban J connectivity index is 3.77. The van der Waals surface area contributed by atoms with Gasteiger partial charge >= 0.3 is 5.97 Å². The summed E-state index contributed by atoms with van der Waals surface area (Å²) in [6.07, 6.45) is 15.4. The molecule has 0 aliphatic rings. The van der Waals surface area contributed by atoms with Crippen molar-refractivity contribution in [1.29, 1.82) is 0 Å². The lowest BCUT2D eigenvalue weighted by Crippen LogP contribution is -2.16. The summed E-state index contributed by atoms with van der Waals surface area (Å²) in [6, 6.07) is 0. The summed E-state index contributed by atoms with van der Waals surface area (Å²) in [7, 11) is 1.45. The van der Waals surface area contributed by atoms with Crippen LogP contribution in [0.3, 0.4) is 0 Å². The van der Waals surface area contributed by atoms with E-state index in [0.29, 0.717) is 11.7 Å². The Bertz CT molecular complexity index is 314. The zero-order chi connectivity index (χ0) is 19.5. The maximum Gasteiger partial charge on any atom is 0.305 e. The predicted octanol–water partition coefficient (Wildman–Crippen LogP) is 6.03. The molecule has 0 saturated carbocycles. The lowest BCUT2D eigenvalue weighted by Gasteiger charge is -2.20. The molecule has 5 heteroatoms. The van der Waals surface area contributed by atoms with Crippen LogP contribution in [-0.2, 0) is 9.53 Å². The van der Waals surface area contributed by atoms with Crippen LogP contribution in [0.2, 0.25) is 0 Å². The summed E-state index contributed by atoms with van der Waals surface area (Å²) in [5, 5.41) is 10.9. The molecule has 0 fully saturated rings. The number of rotatable bonds is 19. The Kier molecular flexibility index (Phi) is 20.0. The van der Waals surface area contributed by atoms with Gasteiger partial charge < -0.3 is 9.84 Å². The number of esters is 1. The van der Waals surface area contributed by atoms with Crippen molar-refractivity contribution in [2.24, 2.45) is 0 Å². The highest BCUT2D eigenvalue weighted by Gasteiger charge is 2.14. The highest BCUT2D eigenvalue weighted by atomic mass is 32.2. The molecule has 0 spiro atoms. The van der Waals surface area contributed by atoms with Gasteiger partial charge in [0.15, 0.2) is 0 Å². The lowest BCUT2D eigenvalue weighted by molar-refractivity contribution is -0.140. The van der Waals surface area contributed by atoms with Crippen LogP contribution in [0.4, 0.5) is 0 Å². The molecule has 0 aromatic carbocycles. The monoisotopic (exact) mass is 406 g/mol. The van der Waals surface area contributed by atoms with Crippen LogP contribution in [0.5, 0.6) is 0 Å². The number of unbranched alkanes of at least 4 members (excludes halogenated alkanes) is 8. The molecule has 2 atom stereocenters. The van der Waals surface area contributed by atoms with Crippen molar-refractivity contribution >= 4 is 30.4 Å². The van der Waals surface area contributed by atoms with E-state index in [1.165, 1.54) is 58.5 Å². The van der Waals surface area contributed by atoms with E-state index in [4.69, 9.17) is 0 Å². The number of carbonyl (C=O) groups excluding carboxylic acids is 1.